The van der Waals surface area contributed by atoms with Gasteiger partial charge in [0.2, 0.25) is 0 Å². The standard InChI is InChI=1S/C20H25Cl2N5O3/c1-3-24-20(29)26-12-4-5-15(30-13-6-8-23-9-7-13)14(10-12)27-19(28)18-17(22)16(21)11(2)25-18/h4-5,10,13,23,25H,3,6-9H2,1-2H3,(H,27,28)(H2,24,26,29). The lowest BCUT2D eigenvalue weighted by Gasteiger charge is -2.25. The summed E-state index contributed by atoms with van der Waals surface area (Å²) in [6, 6.07) is 4.77. The second-order valence-electron chi connectivity index (χ2n) is 6.97. The zero-order valence-corrected chi connectivity index (χ0v) is 18.3. The van der Waals surface area contributed by atoms with Gasteiger partial charge >= 0.3 is 6.03 Å². The second-order valence-corrected chi connectivity index (χ2v) is 7.73. The molecule has 0 bridgehead atoms. The lowest BCUT2D eigenvalue weighted by atomic mass is 10.1. The maximum absolute atomic E-state index is 12.8. The van der Waals surface area contributed by atoms with Crippen LogP contribution in [0.5, 0.6) is 5.75 Å². The van der Waals surface area contributed by atoms with Gasteiger partial charge in [-0.1, -0.05) is 23.2 Å². The number of rotatable bonds is 6. The molecule has 3 amide bonds. The summed E-state index contributed by atoms with van der Waals surface area (Å²) < 4.78 is 6.14. The topological polar surface area (TPSA) is 107 Å². The summed E-state index contributed by atoms with van der Waals surface area (Å²) in [6.07, 6.45) is 1.77. The Morgan fingerprint density at radius 1 is 1.17 bits per heavy atom. The molecule has 1 aliphatic rings. The van der Waals surface area contributed by atoms with E-state index in [1.54, 1.807) is 25.1 Å². The summed E-state index contributed by atoms with van der Waals surface area (Å²) >= 11 is 12.3. The number of nitrogens with one attached hydrogen (secondary N) is 5. The van der Waals surface area contributed by atoms with Crippen molar-refractivity contribution in [2.45, 2.75) is 32.8 Å². The van der Waals surface area contributed by atoms with Gasteiger partial charge < -0.3 is 31.0 Å². The summed E-state index contributed by atoms with van der Waals surface area (Å²) in [5, 5.41) is 12.0. The van der Waals surface area contributed by atoms with E-state index in [2.05, 4.69) is 26.3 Å². The van der Waals surface area contributed by atoms with E-state index in [4.69, 9.17) is 27.9 Å². The van der Waals surface area contributed by atoms with Crippen molar-refractivity contribution >= 4 is 46.5 Å². The van der Waals surface area contributed by atoms with Crippen LogP contribution in [0.3, 0.4) is 0 Å². The van der Waals surface area contributed by atoms with E-state index >= 15 is 0 Å². The Kier molecular flexibility index (Phi) is 7.47. The number of aromatic nitrogens is 1. The fourth-order valence-corrected chi connectivity index (χ4v) is 3.57. The predicted octanol–water partition coefficient (Wildman–Crippen LogP) is 4.15. The first-order valence-electron chi connectivity index (χ1n) is 9.80. The Morgan fingerprint density at radius 3 is 2.53 bits per heavy atom. The summed E-state index contributed by atoms with van der Waals surface area (Å²) in [5.41, 5.74) is 1.70. The van der Waals surface area contributed by atoms with Crippen LogP contribution in [0.25, 0.3) is 0 Å². The average Bonchev–Trinajstić information content (AvgIpc) is 2.98. The summed E-state index contributed by atoms with van der Waals surface area (Å²) in [4.78, 5) is 27.6. The molecule has 0 aliphatic carbocycles. The molecular formula is C20H25Cl2N5O3. The summed E-state index contributed by atoms with van der Waals surface area (Å²) in [7, 11) is 0. The molecule has 0 spiro atoms. The highest BCUT2D eigenvalue weighted by molar-refractivity contribution is 6.44. The molecule has 2 aromatic rings. The van der Waals surface area contributed by atoms with Crippen LogP contribution < -0.4 is 26.0 Å². The minimum absolute atomic E-state index is 0.0369. The first-order valence-corrected chi connectivity index (χ1v) is 10.6. The molecule has 1 aliphatic heterocycles. The maximum atomic E-state index is 12.8. The number of amides is 3. The zero-order valence-electron chi connectivity index (χ0n) is 16.8. The van der Waals surface area contributed by atoms with Gasteiger partial charge in [-0.25, -0.2) is 4.79 Å². The molecule has 5 N–H and O–H groups in total. The molecule has 30 heavy (non-hydrogen) atoms. The Bertz CT molecular complexity index is 925. The summed E-state index contributed by atoms with van der Waals surface area (Å²) in [5.74, 6) is 0.0579. The lowest BCUT2D eigenvalue weighted by molar-refractivity contribution is 0.102. The molecule has 0 saturated carbocycles. The van der Waals surface area contributed by atoms with Gasteiger partial charge in [-0.2, -0.15) is 0 Å². The van der Waals surface area contributed by atoms with Crippen molar-refractivity contribution < 1.29 is 14.3 Å². The molecular weight excluding hydrogens is 429 g/mol. The molecule has 0 atom stereocenters. The Labute approximate surface area is 185 Å². The number of aryl methyl sites for hydroxylation is 1. The number of aromatic amines is 1. The molecule has 1 fully saturated rings. The van der Waals surface area contributed by atoms with Gasteiger partial charge in [-0.15, -0.1) is 0 Å². The molecule has 10 heteroatoms. The number of benzene rings is 1. The van der Waals surface area contributed by atoms with Crippen molar-refractivity contribution in [1.82, 2.24) is 15.6 Å². The highest BCUT2D eigenvalue weighted by Crippen LogP contribution is 2.33. The third-order valence-corrected chi connectivity index (χ3v) is 5.63. The van der Waals surface area contributed by atoms with E-state index in [1.165, 1.54) is 0 Å². The molecule has 3 rings (SSSR count). The highest BCUT2D eigenvalue weighted by atomic mass is 35.5. The number of hydrogen-bond donors (Lipinski definition) is 5. The van der Waals surface area contributed by atoms with Gasteiger partial charge in [-0.05, 0) is 58.0 Å². The van der Waals surface area contributed by atoms with Crippen LogP contribution in [-0.4, -0.2) is 42.7 Å². The van der Waals surface area contributed by atoms with Crippen LogP contribution in [0.15, 0.2) is 18.2 Å². The molecule has 8 nitrogen and oxygen atoms in total. The van der Waals surface area contributed by atoms with Crippen LogP contribution in [0.4, 0.5) is 16.2 Å². The van der Waals surface area contributed by atoms with Crippen LogP contribution in [-0.2, 0) is 0 Å². The molecule has 1 saturated heterocycles. The molecule has 0 unspecified atom stereocenters. The SMILES string of the molecule is CCNC(=O)Nc1ccc(OC2CCNCC2)c(NC(=O)c2[nH]c(C)c(Cl)c2Cl)c1. The van der Waals surface area contributed by atoms with Gasteiger partial charge in [0.1, 0.15) is 17.5 Å². The van der Waals surface area contributed by atoms with Crippen LogP contribution in [0.2, 0.25) is 10.0 Å². The molecule has 162 valence electrons. The highest BCUT2D eigenvalue weighted by Gasteiger charge is 2.21. The average molecular weight is 454 g/mol. The summed E-state index contributed by atoms with van der Waals surface area (Å²) in [6.45, 7) is 5.80. The van der Waals surface area contributed by atoms with Crippen LogP contribution >= 0.6 is 23.2 Å². The largest absolute Gasteiger partial charge is 0.488 e. The number of urea groups is 1. The number of anilines is 2. The van der Waals surface area contributed by atoms with Crippen molar-refractivity contribution in [3.05, 3.63) is 39.6 Å². The van der Waals surface area contributed by atoms with E-state index in [1.807, 2.05) is 6.92 Å². The fraction of sp³-hybridized carbons (Fsp3) is 0.400. The molecule has 2 heterocycles. The Hall–Kier alpha value is -2.42. The predicted molar refractivity (Wildman–Crippen MR) is 119 cm³/mol. The maximum Gasteiger partial charge on any atom is 0.319 e. The minimum Gasteiger partial charge on any atom is -0.488 e. The monoisotopic (exact) mass is 453 g/mol. The Balaban J connectivity index is 1.85. The van der Waals surface area contributed by atoms with E-state index in [-0.39, 0.29) is 22.9 Å². The number of ether oxygens (including phenoxy) is 1. The number of piperidine rings is 1. The number of halogens is 2. The van der Waals surface area contributed by atoms with Crippen molar-refractivity contribution in [1.29, 1.82) is 0 Å². The molecule has 1 aromatic heterocycles. The van der Waals surface area contributed by atoms with Gasteiger partial charge in [0.15, 0.2) is 0 Å². The number of H-pyrrole nitrogens is 1. The fourth-order valence-electron chi connectivity index (χ4n) is 3.15. The van der Waals surface area contributed by atoms with Crippen LogP contribution in [0, 0.1) is 6.92 Å². The van der Waals surface area contributed by atoms with Crippen molar-refractivity contribution in [2.75, 3.05) is 30.3 Å². The van der Waals surface area contributed by atoms with Gasteiger partial charge in [0.25, 0.3) is 5.91 Å². The lowest BCUT2D eigenvalue weighted by Crippen LogP contribution is -2.34. The molecule has 0 radical (unpaired) electrons. The third kappa shape index (κ3) is 5.38. The van der Waals surface area contributed by atoms with Crippen molar-refractivity contribution in [3.63, 3.8) is 0 Å². The quantitative estimate of drug-likeness (QED) is 0.452. The van der Waals surface area contributed by atoms with Crippen molar-refractivity contribution in [3.8, 4) is 5.75 Å². The van der Waals surface area contributed by atoms with Crippen molar-refractivity contribution in [2.24, 2.45) is 0 Å². The van der Waals surface area contributed by atoms with Gasteiger partial charge in [-0.3, -0.25) is 4.79 Å². The van der Waals surface area contributed by atoms with E-state index in [0.717, 1.165) is 25.9 Å². The normalized spacial score (nSPS) is 14.3. The van der Waals surface area contributed by atoms with Crippen LogP contribution in [0.1, 0.15) is 35.9 Å². The van der Waals surface area contributed by atoms with E-state index in [0.29, 0.717) is 34.4 Å². The molecule has 1 aromatic carbocycles. The zero-order chi connectivity index (χ0) is 21.7. The van der Waals surface area contributed by atoms with Gasteiger partial charge in [0, 0.05) is 17.9 Å². The third-order valence-electron chi connectivity index (χ3n) is 4.68. The first kappa shape index (κ1) is 22.3. The minimum atomic E-state index is -0.458. The Morgan fingerprint density at radius 2 is 1.90 bits per heavy atom. The number of carbonyl (C=O) groups excluding carboxylic acids is 2. The number of carbonyl (C=O) groups is 2. The van der Waals surface area contributed by atoms with E-state index < -0.39 is 5.91 Å². The van der Waals surface area contributed by atoms with E-state index in [9.17, 15) is 9.59 Å². The number of hydrogen-bond acceptors (Lipinski definition) is 4. The smallest absolute Gasteiger partial charge is 0.319 e. The second kappa shape index (κ2) is 10.1. The first-order chi connectivity index (χ1) is 14.4. The van der Waals surface area contributed by atoms with Gasteiger partial charge in [0.05, 0.1) is 15.7 Å².